The molecule has 30 heavy (non-hydrogen) atoms. The second kappa shape index (κ2) is 10.7. The van der Waals surface area contributed by atoms with Crippen LogP contribution in [0.1, 0.15) is 51.5 Å². The number of ether oxygens (including phenoxy) is 1. The number of aliphatic imine (C=N–C) groups is 1. The Bertz CT molecular complexity index is 724. The van der Waals surface area contributed by atoms with Gasteiger partial charge in [0.2, 0.25) is 0 Å². The average Bonchev–Trinajstić information content (AvgIpc) is 3.57. The number of carbonyl (C=O) groups excluding carboxylic acids is 1. The van der Waals surface area contributed by atoms with Crippen molar-refractivity contribution in [1.82, 2.24) is 20.9 Å². The Balaban J connectivity index is 1.43. The Morgan fingerprint density at radius 1 is 1.20 bits per heavy atom. The molecule has 0 radical (unpaired) electrons. The van der Waals surface area contributed by atoms with Crippen LogP contribution in [0.4, 0.5) is 0 Å². The highest BCUT2D eigenvalue weighted by Gasteiger charge is 2.28. The van der Waals surface area contributed by atoms with E-state index in [0.29, 0.717) is 18.3 Å². The van der Waals surface area contributed by atoms with E-state index in [2.05, 4.69) is 39.7 Å². The normalized spacial score (nSPS) is 18.0. The van der Waals surface area contributed by atoms with Gasteiger partial charge in [-0.3, -0.25) is 14.7 Å². The summed E-state index contributed by atoms with van der Waals surface area (Å²) < 4.78 is 5.64. The van der Waals surface area contributed by atoms with Gasteiger partial charge in [0.15, 0.2) is 12.6 Å². The summed E-state index contributed by atoms with van der Waals surface area (Å²) in [6.45, 7) is 8.46. The van der Waals surface area contributed by atoms with E-state index in [4.69, 9.17) is 4.74 Å². The number of benzene rings is 1. The fraction of sp³-hybridized carbons (Fsp3) is 0.652. The van der Waals surface area contributed by atoms with Gasteiger partial charge >= 0.3 is 0 Å². The van der Waals surface area contributed by atoms with Crippen LogP contribution in [0.25, 0.3) is 0 Å². The molecule has 0 unspecified atom stereocenters. The zero-order valence-corrected chi connectivity index (χ0v) is 18.7. The van der Waals surface area contributed by atoms with E-state index in [0.717, 1.165) is 30.9 Å². The molecule has 1 saturated heterocycles. The molecular formula is C23H37N5O2. The van der Waals surface area contributed by atoms with Crippen molar-refractivity contribution >= 4 is 11.9 Å². The van der Waals surface area contributed by atoms with Crippen LogP contribution in [-0.4, -0.2) is 61.6 Å². The second-order valence-electron chi connectivity index (χ2n) is 8.92. The summed E-state index contributed by atoms with van der Waals surface area (Å²) in [6.07, 6.45) is 6.08. The second-order valence-corrected chi connectivity index (χ2v) is 8.92. The lowest BCUT2D eigenvalue weighted by molar-refractivity contribution is -0.123. The summed E-state index contributed by atoms with van der Waals surface area (Å²) >= 11 is 0. The van der Waals surface area contributed by atoms with E-state index < -0.39 is 0 Å². The predicted octanol–water partition coefficient (Wildman–Crippen LogP) is 2.27. The summed E-state index contributed by atoms with van der Waals surface area (Å²) in [4.78, 5) is 18.7. The first-order valence-corrected chi connectivity index (χ1v) is 11.2. The number of nitrogens with one attached hydrogen (secondary N) is 3. The summed E-state index contributed by atoms with van der Waals surface area (Å²) in [5.74, 6) is 1.44. The third kappa shape index (κ3) is 7.20. The van der Waals surface area contributed by atoms with Crippen molar-refractivity contribution in [3.8, 4) is 5.75 Å². The fourth-order valence-electron chi connectivity index (χ4n) is 3.71. The first kappa shape index (κ1) is 22.4. The number of amides is 1. The number of likely N-dealkylation sites (tertiary alicyclic amines) is 1. The number of carbonyl (C=O) groups is 1. The SMILES string of the molecule is CN=C(NCc1cccc(OCC(=O)NC2CC2)c1)NCC(C)(C)N1CCCCC1. The van der Waals surface area contributed by atoms with Gasteiger partial charge in [-0.25, -0.2) is 0 Å². The van der Waals surface area contributed by atoms with Crippen molar-refractivity contribution in [3.63, 3.8) is 0 Å². The van der Waals surface area contributed by atoms with E-state index in [1.807, 2.05) is 24.3 Å². The Morgan fingerprint density at radius 2 is 1.97 bits per heavy atom. The van der Waals surface area contributed by atoms with E-state index in [1.54, 1.807) is 7.05 Å². The molecule has 3 rings (SSSR count). The summed E-state index contributed by atoms with van der Waals surface area (Å²) in [5.41, 5.74) is 1.17. The highest BCUT2D eigenvalue weighted by atomic mass is 16.5. The van der Waals surface area contributed by atoms with Gasteiger partial charge in [-0.05, 0) is 70.3 Å². The molecule has 2 fully saturated rings. The van der Waals surface area contributed by atoms with Gasteiger partial charge in [0.1, 0.15) is 5.75 Å². The van der Waals surface area contributed by atoms with Crippen LogP contribution in [0, 0.1) is 0 Å². The fourth-order valence-corrected chi connectivity index (χ4v) is 3.71. The van der Waals surface area contributed by atoms with Gasteiger partial charge < -0.3 is 20.7 Å². The van der Waals surface area contributed by atoms with E-state index in [9.17, 15) is 4.79 Å². The van der Waals surface area contributed by atoms with Crippen LogP contribution in [0.3, 0.4) is 0 Å². The Labute approximate surface area is 180 Å². The van der Waals surface area contributed by atoms with Crippen molar-refractivity contribution in [2.45, 2.75) is 64.1 Å². The number of hydrogen-bond donors (Lipinski definition) is 3. The zero-order chi connectivity index (χ0) is 21.4. The Kier molecular flexibility index (Phi) is 7.96. The van der Waals surface area contributed by atoms with Crippen molar-refractivity contribution in [3.05, 3.63) is 29.8 Å². The molecule has 7 nitrogen and oxygen atoms in total. The molecule has 1 saturated carbocycles. The minimum Gasteiger partial charge on any atom is -0.484 e. The van der Waals surface area contributed by atoms with Gasteiger partial charge in [-0.2, -0.15) is 0 Å². The molecule has 1 aliphatic heterocycles. The summed E-state index contributed by atoms with van der Waals surface area (Å²) in [7, 11) is 1.79. The molecule has 2 aliphatic rings. The van der Waals surface area contributed by atoms with Gasteiger partial charge in [-0.1, -0.05) is 18.6 Å². The lowest BCUT2D eigenvalue weighted by Crippen LogP contribution is -2.54. The number of nitrogens with zero attached hydrogens (tertiary/aromatic N) is 2. The largest absolute Gasteiger partial charge is 0.484 e. The number of guanidine groups is 1. The van der Waals surface area contributed by atoms with Crippen LogP contribution < -0.4 is 20.7 Å². The van der Waals surface area contributed by atoms with Gasteiger partial charge in [0.05, 0.1) is 0 Å². The molecule has 1 amide bonds. The molecule has 1 aromatic rings. The molecule has 1 heterocycles. The molecule has 1 aromatic carbocycles. The summed E-state index contributed by atoms with van der Waals surface area (Å²) in [5, 5.41) is 9.77. The molecule has 7 heteroatoms. The molecular weight excluding hydrogens is 378 g/mol. The van der Waals surface area contributed by atoms with E-state index in [1.165, 1.54) is 32.4 Å². The van der Waals surface area contributed by atoms with Crippen molar-refractivity contribution < 1.29 is 9.53 Å². The quantitative estimate of drug-likeness (QED) is 0.426. The molecule has 0 bridgehead atoms. The van der Waals surface area contributed by atoms with Gasteiger partial charge in [0, 0.05) is 31.7 Å². The van der Waals surface area contributed by atoms with E-state index >= 15 is 0 Å². The van der Waals surface area contributed by atoms with Crippen LogP contribution in [0.2, 0.25) is 0 Å². The van der Waals surface area contributed by atoms with E-state index in [-0.39, 0.29) is 18.1 Å². The third-order valence-electron chi connectivity index (χ3n) is 5.79. The highest BCUT2D eigenvalue weighted by molar-refractivity contribution is 5.79. The Morgan fingerprint density at radius 3 is 2.67 bits per heavy atom. The maximum Gasteiger partial charge on any atom is 0.258 e. The van der Waals surface area contributed by atoms with Gasteiger partial charge in [0.25, 0.3) is 5.91 Å². The monoisotopic (exact) mass is 415 g/mol. The van der Waals surface area contributed by atoms with Crippen molar-refractivity contribution in [2.75, 3.05) is 33.3 Å². The maximum absolute atomic E-state index is 11.8. The Hall–Kier alpha value is -2.28. The standard InChI is InChI=1S/C23H37N5O2/c1-23(2,28-12-5-4-6-13-28)17-26-22(24-3)25-15-18-8-7-9-20(14-18)30-16-21(29)27-19-10-11-19/h7-9,14,19H,4-6,10-13,15-17H2,1-3H3,(H,27,29)(H2,24,25,26). The molecule has 1 aliphatic carbocycles. The van der Waals surface area contributed by atoms with Crippen LogP contribution in [-0.2, 0) is 11.3 Å². The number of rotatable bonds is 9. The third-order valence-corrected chi connectivity index (χ3v) is 5.79. The lowest BCUT2D eigenvalue weighted by atomic mass is 9.98. The number of hydrogen-bond acceptors (Lipinski definition) is 4. The highest BCUT2D eigenvalue weighted by Crippen LogP contribution is 2.20. The molecule has 0 aromatic heterocycles. The minimum atomic E-state index is -0.0537. The molecule has 166 valence electrons. The van der Waals surface area contributed by atoms with Crippen LogP contribution in [0.15, 0.2) is 29.3 Å². The van der Waals surface area contributed by atoms with Gasteiger partial charge in [-0.15, -0.1) is 0 Å². The summed E-state index contributed by atoms with van der Waals surface area (Å²) in [6, 6.07) is 8.18. The van der Waals surface area contributed by atoms with Crippen LogP contribution in [0.5, 0.6) is 5.75 Å². The first-order valence-electron chi connectivity index (χ1n) is 11.2. The smallest absolute Gasteiger partial charge is 0.258 e. The maximum atomic E-state index is 11.8. The first-order chi connectivity index (χ1) is 14.5. The number of piperidine rings is 1. The predicted molar refractivity (Wildman–Crippen MR) is 121 cm³/mol. The molecule has 0 atom stereocenters. The van der Waals surface area contributed by atoms with Crippen molar-refractivity contribution in [2.24, 2.45) is 4.99 Å². The van der Waals surface area contributed by atoms with Crippen molar-refractivity contribution in [1.29, 1.82) is 0 Å². The minimum absolute atomic E-state index is 0.0537. The average molecular weight is 416 g/mol. The lowest BCUT2D eigenvalue weighted by Gasteiger charge is -2.41. The topological polar surface area (TPSA) is 78.0 Å². The molecule has 0 spiro atoms. The van der Waals surface area contributed by atoms with Crippen LogP contribution >= 0.6 is 0 Å². The molecule has 3 N–H and O–H groups in total. The zero-order valence-electron chi connectivity index (χ0n) is 18.7.